The van der Waals surface area contributed by atoms with Gasteiger partial charge in [0.1, 0.15) is 0 Å². The molecular weight excluding hydrogens is 256 g/mol. The Hall–Kier alpha value is -0.0800. The van der Waals surface area contributed by atoms with Gasteiger partial charge in [0, 0.05) is 12.1 Å². The van der Waals surface area contributed by atoms with Crippen LogP contribution < -0.4 is 5.73 Å². The van der Waals surface area contributed by atoms with Crippen molar-refractivity contribution >= 4 is 0 Å². The number of hydrogen-bond acceptors (Lipinski definition) is 2. The molecule has 5 aliphatic carbocycles. The minimum absolute atomic E-state index is 0.484. The van der Waals surface area contributed by atoms with Crippen molar-refractivity contribution < 1.29 is 0 Å². The summed E-state index contributed by atoms with van der Waals surface area (Å²) in [5.41, 5.74) is 6.81. The van der Waals surface area contributed by atoms with Crippen molar-refractivity contribution in [1.29, 1.82) is 0 Å². The molecule has 0 saturated heterocycles. The summed E-state index contributed by atoms with van der Waals surface area (Å²) < 4.78 is 0. The lowest BCUT2D eigenvalue weighted by Crippen LogP contribution is -2.48. The molecule has 4 bridgehead atoms. The first-order chi connectivity index (χ1) is 10.1. The number of nitrogens with two attached hydrogens (primary N) is 1. The number of hydrogen-bond donors (Lipinski definition) is 1. The Balaban J connectivity index is 1.32. The highest BCUT2D eigenvalue weighted by Gasteiger charge is 2.50. The lowest BCUT2D eigenvalue weighted by molar-refractivity contribution is -0.0618. The van der Waals surface area contributed by atoms with Crippen molar-refractivity contribution in [2.75, 3.05) is 13.6 Å². The van der Waals surface area contributed by atoms with Gasteiger partial charge in [0.2, 0.25) is 0 Å². The van der Waals surface area contributed by atoms with E-state index in [1.54, 1.807) is 38.5 Å². The molecule has 2 heteroatoms. The van der Waals surface area contributed by atoms with Crippen LogP contribution in [0.15, 0.2) is 0 Å². The zero-order valence-corrected chi connectivity index (χ0v) is 13.9. The van der Waals surface area contributed by atoms with Crippen molar-refractivity contribution in [2.45, 2.75) is 82.7 Å². The molecule has 0 unspecified atom stereocenters. The zero-order chi connectivity index (χ0) is 14.4. The Bertz CT molecular complexity index is 334. The van der Waals surface area contributed by atoms with E-state index in [1.165, 1.54) is 38.6 Å². The summed E-state index contributed by atoms with van der Waals surface area (Å²) in [6.45, 7) is 1.34. The monoisotopic (exact) mass is 290 g/mol. The Labute approximate surface area is 130 Å². The quantitative estimate of drug-likeness (QED) is 0.853. The van der Waals surface area contributed by atoms with Gasteiger partial charge in [0.15, 0.2) is 0 Å². The first-order valence-electron chi connectivity index (χ1n) is 9.58. The molecule has 0 aromatic carbocycles. The summed E-state index contributed by atoms with van der Waals surface area (Å²) in [6, 6.07) is 1.30. The molecule has 120 valence electrons. The highest BCUT2D eigenvalue weighted by atomic mass is 15.1. The fraction of sp³-hybridized carbons (Fsp3) is 1.00. The van der Waals surface area contributed by atoms with Crippen molar-refractivity contribution in [3.63, 3.8) is 0 Å². The van der Waals surface area contributed by atoms with Crippen LogP contribution in [-0.2, 0) is 0 Å². The van der Waals surface area contributed by atoms with E-state index in [0.717, 1.165) is 29.2 Å². The Morgan fingerprint density at radius 1 is 0.905 bits per heavy atom. The molecule has 2 N–H and O–H groups in total. The molecule has 5 fully saturated rings. The van der Waals surface area contributed by atoms with Gasteiger partial charge < -0.3 is 10.6 Å². The van der Waals surface area contributed by atoms with E-state index in [2.05, 4.69) is 11.9 Å². The van der Waals surface area contributed by atoms with E-state index in [-0.39, 0.29) is 0 Å². The number of rotatable bonds is 4. The van der Waals surface area contributed by atoms with Gasteiger partial charge in [-0.1, -0.05) is 0 Å². The molecule has 5 saturated carbocycles. The van der Waals surface area contributed by atoms with E-state index >= 15 is 0 Å². The van der Waals surface area contributed by atoms with Gasteiger partial charge in [-0.15, -0.1) is 0 Å². The van der Waals surface area contributed by atoms with Crippen LogP contribution in [0.3, 0.4) is 0 Å². The smallest absolute Gasteiger partial charge is 0.00933 e. The van der Waals surface area contributed by atoms with Crippen LogP contribution in [0.25, 0.3) is 0 Å². The maximum Gasteiger partial charge on any atom is 0.00933 e. The first-order valence-corrected chi connectivity index (χ1v) is 9.58. The van der Waals surface area contributed by atoms with Gasteiger partial charge in [-0.3, -0.25) is 0 Å². The minimum atomic E-state index is 0.484. The molecule has 0 radical (unpaired) electrons. The summed E-state index contributed by atoms with van der Waals surface area (Å²) >= 11 is 0. The summed E-state index contributed by atoms with van der Waals surface area (Å²) in [4.78, 5) is 2.68. The predicted molar refractivity (Wildman–Crippen MR) is 88.1 cm³/mol. The van der Waals surface area contributed by atoms with Gasteiger partial charge in [-0.2, -0.15) is 0 Å². The van der Waals surface area contributed by atoms with Crippen molar-refractivity contribution in [2.24, 2.45) is 28.9 Å². The predicted octanol–water partition coefficient (Wildman–Crippen LogP) is 3.79. The van der Waals surface area contributed by atoms with Crippen LogP contribution in [0.4, 0.5) is 0 Å². The Kier molecular flexibility index (Phi) is 3.82. The molecule has 0 aliphatic heterocycles. The normalized spacial score (nSPS) is 49.0. The van der Waals surface area contributed by atoms with Gasteiger partial charge in [-0.25, -0.2) is 0 Å². The Morgan fingerprint density at radius 2 is 1.43 bits per heavy atom. The van der Waals surface area contributed by atoms with Gasteiger partial charge in [0.25, 0.3) is 0 Å². The Morgan fingerprint density at radius 3 is 1.95 bits per heavy atom. The van der Waals surface area contributed by atoms with Crippen LogP contribution in [0.1, 0.15) is 70.6 Å². The molecule has 0 heterocycles. The molecule has 2 nitrogen and oxygen atoms in total. The second-order valence-corrected chi connectivity index (χ2v) is 9.22. The van der Waals surface area contributed by atoms with E-state index in [4.69, 9.17) is 5.73 Å². The highest BCUT2D eigenvalue weighted by molar-refractivity contribution is 5.01. The summed E-state index contributed by atoms with van der Waals surface area (Å²) in [7, 11) is 2.38. The maximum atomic E-state index is 6.05. The van der Waals surface area contributed by atoms with Crippen molar-refractivity contribution in [3.05, 3.63) is 0 Å². The van der Waals surface area contributed by atoms with Crippen LogP contribution in [-0.4, -0.2) is 30.6 Å². The lowest BCUT2D eigenvalue weighted by atomic mass is 9.49. The van der Waals surface area contributed by atoms with Gasteiger partial charge >= 0.3 is 0 Å². The first kappa shape index (κ1) is 14.5. The van der Waals surface area contributed by atoms with E-state index < -0.39 is 0 Å². The van der Waals surface area contributed by atoms with Crippen molar-refractivity contribution in [1.82, 2.24) is 4.90 Å². The second kappa shape index (κ2) is 5.53. The van der Waals surface area contributed by atoms with Crippen LogP contribution in [0, 0.1) is 23.2 Å². The molecule has 0 spiro atoms. The summed E-state index contributed by atoms with van der Waals surface area (Å²) in [6.07, 6.45) is 16.1. The number of nitrogens with zero attached hydrogens (tertiary/aromatic N) is 1. The maximum absolute atomic E-state index is 6.05. The van der Waals surface area contributed by atoms with Crippen molar-refractivity contribution in [3.8, 4) is 0 Å². The van der Waals surface area contributed by atoms with Gasteiger partial charge in [0.05, 0.1) is 0 Å². The topological polar surface area (TPSA) is 29.3 Å². The van der Waals surface area contributed by atoms with Crippen LogP contribution in [0.2, 0.25) is 0 Å². The average Bonchev–Trinajstić information content (AvgIpc) is 2.44. The zero-order valence-electron chi connectivity index (χ0n) is 13.9. The fourth-order valence-electron chi connectivity index (χ4n) is 6.73. The van der Waals surface area contributed by atoms with E-state index in [9.17, 15) is 0 Å². The van der Waals surface area contributed by atoms with Crippen LogP contribution in [0.5, 0.6) is 0 Å². The average molecular weight is 290 g/mol. The molecule has 0 atom stereocenters. The molecule has 0 aromatic heterocycles. The third-order valence-electron chi connectivity index (χ3n) is 7.52. The van der Waals surface area contributed by atoms with E-state index in [0.29, 0.717) is 6.04 Å². The third-order valence-corrected chi connectivity index (χ3v) is 7.52. The van der Waals surface area contributed by atoms with Gasteiger partial charge in [-0.05, 0) is 107 Å². The molecule has 5 rings (SSSR count). The second-order valence-electron chi connectivity index (χ2n) is 9.22. The summed E-state index contributed by atoms with van der Waals surface area (Å²) in [5, 5.41) is 0. The largest absolute Gasteiger partial charge is 0.328 e. The molecule has 5 aliphatic rings. The summed E-state index contributed by atoms with van der Waals surface area (Å²) in [5.74, 6) is 3.32. The molecular formula is C19H34N2. The fourth-order valence-corrected chi connectivity index (χ4v) is 6.73. The lowest BCUT2D eigenvalue weighted by Gasteiger charge is -2.57. The van der Waals surface area contributed by atoms with Crippen LogP contribution >= 0.6 is 0 Å². The molecule has 21 heavy (non-hydrogen) atoms. The van der Waals surface area contributed by atoms with E-state index in [1.807, 2.05) is 0 Å². The SMILES string of the molecule is CN(CCC12CC3CC(CC(C3)C1)C2)C1CCC(N)CC1. The third kappa shape index (κ3) is 2.91. The standard InChI is InChI=1S/C19H34N2/c1-21(18-4-2-17(20)3-5-18)7-6-19-11-14-8-15(12-19)10-16(9-14)13-19/h14-18H,2-13,20H2,1H3. The highest BCUT2D eigenvalue weighted by Crippen LogP contribution is 2.61. The molecule has 0 amide bonds. The minimum Gasteiger partial charge on any atom is -0.328 e. The molecule has 0 aromatic rings.